The van der Waals surface area contributed by atoms with Gasteiger partial charge in [-0.1, -0.05) is 12.1 Å². The highest BCUT2D eigenvalue weighted by atomic mass is 16.6. The Morgan fingerprint density at radius 3 is 2.18 bits per heavy atom. The van der Waals surface area contributed by atoms with E-state index in [1.807, 2.05) is 0 Å². The number of aliphatic carboxylic acids is 1. The Kier molecular flexibility index (Phi) is 9.38. The van der Waals surface area contributed by atoms with E-state index >= 15 is 0 Å². The van der Waals surface area contributed by atoms with E-state index in [1.54, 1.807) is 65.8 Å². The Labute approximate surface area is 192 Å². The second kappa shape index (κ2) is 11.3. The first-order valence-corrected chi connectivity index (χ1v) is 10.2. The SMILES string of the molecule is CC(C)(C)OC(=O)/N=C(\N)N(Cc1cccc(NC(=O)CCC(=O)O)c1)C(=O)OC(C)(C)C. The van der Waals surface area contributed by atoms with Gasteiger partial charge in [-0.25, -0.2) is 14.5 Å². The number of nitrogens with two attached hydrogens (primary N) is 1. The number of ether oxygens (including phenoxy) is 2. The van der Waals surface area contributed by atoms with Gasteiger partial charge in [0.2, 0.25) is 11.9 Å². The molecule has 0 radical (unpaired) electrons. The number of rotatable bonds is 6. The Morgan fingerprint density at radius 2 is 1.64 bits per heavy atom. The third-order valence-corrected chi connectivity index (χ3v) is 3.61. The van der Waals surface area contributed by atoms with Crippen molar-refractivity contribution in [2.45, 2.75) is 72.1 Å². The molecular weight excluding hydrogens is 432 g/mol. The molecule has 11 nitrogen and oxygen atoms in total. The molecule has 0 aliphatic carbocycles. The standard InChI is InChI=1S/C22H32N4O7/c1-21(2,3)32-19(30)25-18(23)26(20(31)33-22(4,5)6)13-14-8-7-9-15(12-14)24-16(27)10-11-17(28)29/h7-9,12H,10-11,13H2,1-6H3,(H,24,27)(H,28,29)(H2,23,25,30). The summed E-state index contributed by atoms with van der Waals surface area (Å²) in [6.45, 7) is 9.91. The number of aliphatic imine (C=N–C) groups is 1. The molecule has 0 fully saturated rings. The molecule has 0 unspecified atom stereocenters. The molecule has 0 spiro atoms. The number of amides is 3. The fourth-order valence-electron chi connectivity index (χ4n) is 2.37. The topological polar surface area (TPSA) is 161 Å². The van der Waals surface area contributed by atoms with Gasteiger partial charge in [-0.15, -0.1) is 4.99 Å². The van der Waals surface area contributed by atoms with Crippen LogP contribution in [0, 0.1) is 0 Å². The smallest absolute Gasteiger partial charge is 0.437 e. The number of hydrogen-bond donors (Lipinski definition) is 3. The number of anilines is 1. The van der Waals surface area contributed by atoms with E-state index in [2.05, 4.69) is 10.3 Å². The second-order valence-corrected chi connectivity index (χ2v) is 9.16. The normalized spacial score (nSPS) is 12.0. The molecule has 11 heteroatoms. The summed E-state index contributed by atoms with van der Waals surface area (Å²) >= 11 is 0. The number of carboxylic acid groups (broad SMARTS) is 1. The number of hydrogen-bond acceptors (Lipinski definition) is 6. The highest BCUT2D eigenvalue weighted by Crippen LogP contribution is 2.17. The summed E-state index contributed by atoms with van der Waals surface area (Å²) < 4.78 is 10.5. The van der Waals surface area contributed by atoms with Crippen molar-refractivity contribution in [3.63, 3.8) is 0 Å². The molecule has 0 aliphatic heterocycles. The van der Waals surface area contributed by atoms with Crippen LogP contribution in [-0.2, 0) is 25.6 Å². The average molecular weight is 465 g/mol. The number of nitrogens with zero attached hydrogens (tertiary/aromatic N) is 2. The van der Waals surface area contributed by atoms with Crippen LogP contribution in [0.4, 0.5) is 15.3 Å². The van der Waals surface area contributed by atoms with Crippen LogP contribution in [0.25, 0.3) is 0 Å². The minimum atomic E-state index is -1.08. The van der Waals surface area contributed by atoms with E-state index in [0.29, 0.717) is 11.3 Å². The minimum Gasteiger partial charge on any atom is -0.481 e. The van der Waals surface area contributed by atoms with Crippen molar-refractivity contribution in [1.82, 2.24) is 4.90 Å². The molecule has 0 aliphatic rings. The van der Waals surface area contributed by atoms with Gasteiger partial charge >= 0.3 is 18.2 Å². The first-order chi connectivity index (χ1) is 15.1. The predicted octanol–water partition coefficient (Wildman–Crippen LogP) is 3.48. The maximum absolute atomic E-state index is 12.7. The second-order valence-electron chi connectivity index (χ2n) is 9.16. The largest absolute Gasteiger partial charge is 0.481 e. The van der Waals surface area contributed by atoms with Crippen LogP contribution in [-0.4, -0.2) is 51.2 Å². The molecule has 1 aromatic carbocycles. The number of carboxylic acids is 1. The fraction of sp³-hybridized carbons (Fsp3) is 0.500. The van der Waals surface area contributed by atoms with Gasteiger partial charge in [0, 0.05) is 12.1 Å². The van der Waals surface area contributed by atoms with E-state index in [4.69, 9.17) is 20.3 Å². The summed E-state index contributed by atoms with van der Waals surface area (Å²) in [4.78, 5) is 52.0. The number of nitrogens with one attached hydrogen (secondary N) is 1. The lowest BCUT2D eigenvalue weighted by molar-refractivity contribution is -0.138. The van der Waals surface area contributed by atoms with E-state index in [0.717, 1.165) is 4.90 Å². The molecule has 3 amide bonds. The van der Waals surface area contributed by atoms with Crippen LogP contribution in [0.5, 0.6) is 0 Å². The van der Waals surface area contributed by atoms with Gasteiger partial charge in [-0.2, -0.15) is 0 Å². The van der Waals surface area contributed by atoms with Crippen molar-refractivity contribution in [1.29, 1.82) is 0 Å². The van der Waals surface area contributed by atoms with Crippen molar-refractivity contribution in [3.05, 3.63) is 29.8 Å². The summed E-state index contributed by atoms with van der Waals surface area (Å²) in [5, 5.41) is 11.3. The Balaban J connectivity index is 3.10. The lowest BCUT2D eigenvalue weighted by Gasteiger charge is -2.27. The Morgan fingerprint density at radius 1 is 1.03 bits per heavy atom. The first kappa shape index (κ1) is 27.4. The molecule has 0 atom stereocenters. The summed E-state index contributed by atoms with van der Waals surface area (Å²) in [7, 11) is 0. The van der Waals surface area contributed by atoms with Crippen LogP contribution in [0.15, 0.2) is 29.3 Å². The van der Waals surface area contributed by atoms with E-state index in [1.165, 1.54) is 0 Å². The summed E-state index contributed by atoms with van der Waals surface area (Å²) in [6.07, 6.45) is -2.27. The van der Waals surface area contributed by atoms with Gasteiger partial charge in [0.15, 0.2) is 0 Å². The fourth-order valence-corrected chi connectivity index (χ4v) is 2.37. The summed E-state index contributed by atoms with van der Waals surface area (Å²) in [6, 6.07) is 6.50. The number of carbonyl (C=O) groups is 4. The quantitative estimate of drug-likeness (QED) is 0.426. The number of benzene rings is 1. The Hall–Kier alpha value is -3.63. The zero-order valence-corrected chi connectivity index (χ0v) is 19.8. The maximum atomic E-state index is 12.7. The highest BCUT2D eigenvalue weighted by Gasteiger charge is 2.26. The third-order valence-electron chi connectivity index (χ3n) is 3.61. The van der Waals surface area contributed by atoms with Gasteiger partial charge in [0.1, 0.15) is 11.2 Å². The van der Waals surface area contributed by atoms with E-state index < -0.39 is 41.2 Å². The van der Waals surface area contributed by atoms with Gasteiger partial charge in [0.05, 0.1) is 13.0 Å². The molecular formula is C22H32N4O7. The molecule has 33 heavy (non-hydrogen) atoms. The zero-order valence-electron chi connectivity index (χ0n) is 19.8. The summed E-state index contributed by atoms with van der Waals surface area (Å²) in [5.41, 5.74) is 5.25. The number of carbonyl (C=O) groups excluding carboxylic acids is 3. The lowest BCUT2D eigenvalue weighted by Crippen LogP contribution is -2.44. The lowest BCUT2D eigenvalue weighted by atomic mass is 10.2. The molecule has 0 heterocycles. The van der Waals surface area contributed by atoms with Crippen molar-refractivity contribution in [2.75, 3.05) is 5.32 Å². The van der Waals surface area contributed by atoms with Crippen LogP contribution in [0.1, 0.15) is 59.9 Å². The molecule has 0 bridgehead atoms. The molecule has 1 rings (SSSR count). The van der Waals surface area contributed by atoms with E-state index in [-0.39, 0.29) is 19.4 Å². The molecule has 0 saturated heterocycles. The molecule has 4 N–H and O–H groups in total. The van der Waals surface area contributed by atoms with Gasteiger partial charge in [0.25, 0.3) is 0 Å². The third kappa shape index (κ3) is 11.5. The van der Waals surface area contributed by atoms with Crippen LogP contribution in [0.2, 0.25) is 0 Å². The summed E-state index contributed by atoms with van der Waals surface area (Å²) in [5.74, 6) is -1.97. The van der Waals surface area contributed by atoms with Gasteiger partial charge in [-0.3, -0.25) is 9.59 Å². The van der Waals surface area contributed by atoms with E-state index in [9.17, 15) is 19.2 Å². The molecule has 0 saturated carbocycles. The van der Waals surface area contributed by atoms with Gasteiger partial charge < -0.3 is 25.6 Å². The van der Waals surface area contributed by atoms with Crippen LogP contribution in [0.3, 0.4) is 0 Å². The van der Waals surface area contributed by atoms with Gasteiger partial charge in [-0.05, 0) is 59.2 Å². The van der Waals surface area contributed by atoms with Crippen LogP contribution < -0.4 is 11.1 Å². The molecule has 1 aromatic rings. The predicted molar refractivity (Wildman–Crippen MR) is 122 cm³/mol. The minimum absolute atomic E-state index is 0.119. The molecule has 0 aromatic heterocycles. The van der Waals surface area contributed by atoms with Crippen molar-refractivity contribution in [2.24, 2.45) is 10.7 Å². The average Bonchev–Trinajstić information content (AvgIpc) is 2.61. The maximum Gasteiger partial charge on any atom is 0.437 e. The van der Waals surface area contributed by atoms with Crippen molar-refractivity contribution >= 4 is 35.7 Å². The van der Waals surface area contributed by atoms with Crippen LogP contribution >= 0.6 is 0 Å². The van der Waals surface area contributed by atoms with Crippen molar-refractivity contribution < 1.29 is 33.8 Å². The first-order valence-electron chi connectivity index (χ1n) is 10.2. The highest BCUT2D eigenvalue weighted by molar-refractivity contribution is 5.98. The Bertz CT molecular complexity index is 914. The monoisotopic (exact) mass is 464 g/mol. The number of guanidine groups is 1. The zero-order chi connectivity index (χ0) is 25.4. The molecule has 182 valence electrons. The van der Waals surface area contributed by atoms with Crippen molar-refractivity contribution in [3.8, 4) is 0 Å².